The summed E-state index contributed by atoms with van der Waals surface area (Å²) < 4.78 is 7.04. The Bertz CT molecular complexity index is 1290. The van der Waals surface area contributed by atoms with E-state index in [1.165, 1.54) is 26.8 Å². The van der Waals surface area contributed by atoms with Crippen LogP contribution in [0.4, 0.5) is 0 Å². The summed E-state index contributed by atoms with van der Waals surface area (Å²) in [6.45, 7) is 6.82. The van der Waals surface area contributed by atoms with Crippen molar-refractivity contribution in [1.82, 2.24) is 0 Å². The van der Waals surface area contributed by atoms with E-state index in [2.05, 4.69) is 159 Å². The van der Waals surface area contributed by atoms with Gasteiger partial charge in [0, 0.05) is 12.3 Å². The van der Waals surface area contributed by atoms with E-state index in [9.17, 15) is 0 Å². The number of benzene rings is 5. The first-order valence-electron chi connectivity index (χ1n) is 13.7. The van der Waals surface area contributed by atoms with E-state index in [-0.39, 0.29) is 5.60 Å². The Morgan fingerprint density at radius 3 is 1.23 bits per heavy atom. The van der Waals surface area contributed by atoms with Gasteiger partial charge in [-0.2, -0.15) is 0 Å². The molecule has 0 saturated carbocycles. The predicted octanol–water partition coefficient (Wildman–Crippen LogP) is 7.87. The van der Waals surface area contributed by atoms with Crippen molar-refractivity contribution in [3.05, 3.63) is 163 Å². The molecule has 0 heterocycles. The maximum atomic E-state index is 7.04. The van der Waals surface area contributed by atoms with Crippen LogP contribution in [0, 0.1) is 0 Å². The molecule has 0 aliphatic rings. The van der Waals surface area contributed by atoms with Crippen molar-refractivity contribution in [2.75, 3.05) is 12.3 Å². The van der Waals surface area contributed by atoms with Gasteiger partial charge in [-0.1, -0.05) is 158 Å². The van der Waals surface area contributed by atoms with Gasteiger partial charge in [-0.15, -0.1) is 0 Å². The third kappa shape index (κ3) is 7.44. The second-order valence-corrected chi connectivity index (χ2v) is 14.6. The number of hydrogen-bond donors (Lipinski definition) is 0. The Morgan fingerprint density at radius 1 is 0.550 bits per heavy atom. The van der Waals surface area contributed by atoms with E-state index in [1.54, 1.807) is 0 Å². The fourth-order valence-electron chi connectivity index (χ4n) is 4.91. The maximum absolute atomic E-state index is 7.04. The molecule has 0 N–H and O–H groups in total. The fourth-order valence-corrected chi connectivity index (χ4v) is 10.3. The van der Waals surface area contributed by atoms with Crippen LogP contribution < -0.4 is 21.2 Å². The quantitative estimate of drug-likeness (QED) is 0.142. The first kappa shape index (κ1) is 28.2. The number of hydrogen-bond acceptors (Lipinski definition) is 1. The van der Waals surface area contributed by atoms with Crippen LogP contribution in [0.3, 0.4) is 0 Å². The van der Waals surface area contributed by atoms with E-state index in [0.717, 1.165) is 17.9 Å². The minimum absolute atomic E-state index is 0.355. The molecule has 0 bridgehead atoms. The van der Waals surface area contributed by atoms with Gasteiger partial charge in [-0.25, -0.2) is 0 Å². The molecule has 0 aromatic heterocycles. The lowest BCUT2D eigenvalue weighted by Crippen LogP contribution is -2.40. The van der Waals surface area contributed by atoms with Gasteiger partial charge in [-0.05, 0) is 55.1 Å². The van der Waals surface area contributed by atoms with Crippen molar-refractivity contribution in [3.8, 4) is 0 Å². The molecule has 1 nitrogen and oxygen atoms in total. The van der Waals surface area contributed by atoms with Crippen LogP contribution >= 0.6 is 15.8 Å². The number of rotatable bonds is 12. The van der Waals surface area contributed by atoms with E-state index < -0.39 is 15.8 Å². The molecular formula is C37H36OP2. The van der Waals surface area contributed by atoms with Gasteiger partial charge in [0.05, 0.1) is 12.2 Å². The Kier molecular flexibility index (Phi) is 9.75. The molecule has 0 amide bonds. The van der Waals surface area contributed by atoms with Gasteiger partial charge < -0.3 is 4.74 Å². The summed E-state index contributed by atoms with van der Waals surface area (Å²) in [5, 5.41) is 5.55. The first-order valence-corrected chi connectivity index (χ1v) is 16.8. The molecule has 5 aromatic rings. The zero-order valence-electron chi connectivity index (χ0n) is 23.1. The molecule has 0 aliphatic carbocycles. The van der Waals surface area contributed by atoms with Crippen molar-refractivity contribution in [3.63, 3.8) is 0 Å². The highest BCUT2D eigenvalue weighted by Gasteiger charge is 2.34. The van der Waals surface area contributed by atoms with E-state index in [4.69, 9.17) is 4.74 Å². The average molecular weight is 559 g/mol. The van der Waals surface area contributed by atoms with Crippen molar-refractivity contribution in [2.45, 2.75) is 19.1 Å². The Hall–Kier alpha value is -3.34. The van der Waals surface area contributed by atoms with Gasteiger partial charge in [-0.3, -0.25) is 0 Å². The van der Waals surface area contributed by atoms with Gasteiger partial charge in [0.1, 0.15) is 0 Å². The zero-order valence-corrected chi connectivity index (χ0v) is 24.9. The molecule has 200 valence electrons. The van der Waals surface area contributed by atoms with Gasteiger partial charge in [0.15, 0.2) is 0 Å². The lowest BCUT2D eigenvalue weighted by Gasteiger charge is -2.37. The summed E-state index contributed by atoms with van der Waals surface area (Å²) in [5.74, 6) is 0. The fraction of sp³-hybridized carbons (Fsp3) is 0.135. The third-order valence-electron chi connectivity index (χ3n) is 7.06. The molecule has 3 heteroatoms. The van der Waals surface area contributed by atoms with Crippen LogP contribution in [0.15, 0.2) is 152 Å². The molecule has 5 rings (SSSR count). The molecule has 40 heavy (non-hydrogen) atoms. The van der Waals surface area contributed by atoms with Crippen LogP contribution in [0.2, 0.25) is 0 Å². The van der Waals surface area contributed by atoms with Crippen LogP contribution in [-0.2, 0) is 11.3 Å². The molecule has 5 aromatic carbocycles. The van der Waals surface area contributed by atoms with E-state index in [0.29, 0.717) is 6.61 Å². The summed E-state index contributed by atoms with van der Waals surface area (Å²) >= 11 is 0. The minimum Gasteiger partial charge on any atom is -0.370 e. The Labute approximate surface area is 242 Å². The van der Waals surface area contributed by atoms with Crippen molar-refractivity contribution in [1.29, 1.82) is 0 Å². The molecule has 0 radical (unpaired) electrons. The maximum Gasteiger partial charge on any atom is 0.0749 e. The minimum atomic E-state index is -0.623. The zero-order chi connectivity index (χ0) is 27.6. The second-order valence-electron chi connectivity index (χ2n) is 10.2. The molecular weight excluding hydrogens is 522 g/mol. The van der Waals surface area contributed by atoms with Crippen molar-refractivity contribution in [2.24, 2.45) is 0 Å². The summed E-state index contributed by atoms with van der Waals surface area (Å²) in [5.41, 5.74) is 1.95. The Balaban J connectivity index is 1.53. The van der Waals surface area contributed by atoms with Gasteiger partial charge in [0.25, 0.3) is 0 Å². The predicted molar refractivity (Wildman–Crippen MR) is 178 cm³/mol. The van der Waals surface area contributed by atoms with Crippen LogP contribution in [0.25, 0.3) is 6.08 Å². The molecule has 0 unspecified atom stereocenters. The molecule has 0 fully saturated rings. The second kappa shape index (κ2) is 13.8. The average Bonchev–Trinajstić information content (AvgIpc) is 3.04. The molecule has 0 aliphatic heterocycles. The summed E-state index contributed by atoms with van der Waals surface area (Å²) in [7, 11) is -1.25. The van der Waals surface area contributed by atoms with Gasteiger partial charge >= 0.3 is 0 Å². The monoisotopic (exact) mass is 558 g/mol. The SMILES string of the molecule is C=Cc1ccc(COC(C)(CP(c2ccccc2)c2ccccc2)CP(c2ccccc2)c2ccccc2)cc1. The van der Waals surface area contributed by atoms with Crippen molar-refractivity contribution < 1.29 is 4.74 Å². The third-order valence-corrected chi connectivity index (χ3v) is 12.7. The lowest BCUT2D eigenvalue weighted by atomic mass is 10.1. The highest BCUT2D eigenvalue weighted by molar-refractivity contribution is 7.74. The van der Waals surface area contributed by atoms with E-state index >= 15 is 0 Å². The highest BCUT2D eigenvalue weighted by atomic mass is 31.1. The standard InChI is InChI=1S/C37H36OP2/c1-3-31-24-26-32(27-25-31)28-38-37(2,29-39(33-16-8-4-9-17-33)34-18-10-5-11-19-34)30-40(35-20-12-6-13-21-35)36-22-14-7-15-23-36/h3-27H,1,28-30H2,2H3. The summed E-state index contributed by atoms with van der Waals surface area (Å²) in [6.07, 6.45) is 3.77. The Morgan fingerprint density at radius 2 is 0.900 bits per heavy atom. The summed E-state index contributed by atoms with van der Waals surface area (Å²) in [6, 6.07) is 52.5. The van der Waals surface area contributed by atoms with E-state index in [1.807, 2.05) is 6.08 Å². The van der Waals surface area contributed by atoms with Crippen LogP contribution in [0.5, 0.6) is 0 Å². The highest BCUT2D eigenvalue weighted by Crippen LogP contribution is 2.45. The van der Waals surface area contributed by atoms with Crippen molar-refractivity contribution >= 4 is 43.1 Å². The van der Waals surface area contributed by atoms with Crippen LogP contribution in [0.1, 0.15) is 18.1 Å². The van der Waals surface area contributed by atoms with Crippen LogP contribution in [-0.4, -0.2) is 17.9 Å². The molecule has 0 atom stereocenters. The largest absolute Gasteiger partial charge is 0.370 e. The normalized spacial score (nSPS) is 11.6. The summed E-state index contributed by atoms with van der Waals surface area (Å²) in [4.78, 5) is 0. The molecule has 0 spiro atoms. The van der Waals surface area contributed by atoms with Gasteiger partial charge in [0.2, 0.25) is 0 Å². The molecule has 0 saturated heterocycles. The first-order chi connectivity index (χ1) is 19.6. The topological polar surface area (TPSA) is 9.23 Å². The lowest BCUT2D eigenvalue weighted by molar-refractivity contribution is -0.00863. The smallest absolute Gasteiger partial charge is 0.0749 e. The number of ether oxygens (including phenoxy) is 1.